The van der Waals surface area contributed by atoms with Crippen molar-refractivity contribution in [2.45, 2.75) is 40.2 Å². The highest BCUT2D eigenvalue weighted by Gasteiger charge is 2.30. The Morgan fingerprint density at radius 1 is 1.54 bits per heavy atom. The maximum atomic E-state index is 11.8. The minimum Gasteiger partial charge on any atom is -0.343 e. The van der Waals surface area contributed by atoms with Crippen molar-refractivity contribution in [2.24, 2.45) is 5.41 Å². The second-order valence-electron chi connectivity index (χ2n) is 4.19. The minimum absolute atomic E-state index is 0.122. The van der Waals surface area contributed by atoms with Gasteiger partial charge in [0.05, 0.1) is 5.41 Å². The molecule has 0 spiro atoms. The van der Waals surface area contributed by atoms with E-state index in [9.17, 15) is 4.79 Å². The van der Waals surface area contributed by atoms with Gasteiger partial charge in [0, 0.05) is 19.0 Å². The Morgan fingerprint density at radius 2 is 2.00 bits per heavy atom. The summed E-state index contributed by atoms with van der Waals surface area (Å²) in [6.45, 7) is 7.87. The van der Waals surface area contributed by atoms with Crippen LogP contribution in [0.4, 0.5) is 0 Å². The van der Waals surface area contributed by atoms with Gasteiger partial charge in [-0.1, -0.05) is 6.92 Å². The molecule has 0 N–H and O–H groups in total. The number of amides is 1. The fourth-order valence-electron chi connectivity index (χ4n) is 1.01. The monoisotopic (exact) mass is 205 g/mol. The van der Waals surface area contributed by atoms with Crippen molar-refractivity contribution in [3.05, 3.63) is 0 Å². The Kier molecular flexibility index (Phi) is 4.76. The fourth-order valence-corrected chi connectivity index (χ4v) is 1.12. The van der Waals surface area contributed by atoms with Crippen LogP contribution in [0.15, 0.2) is 0 Å². The van der Waals surface area contributed by atoms with Crippen LogP contribution >= 0.6 is 11.6 Å². The summed E-state index contributed by atoms with van der Waals surface area (Å²) in [6, 6.07) is 0.287. The normalized spacial score (nSPS) is 14.0. The zero-order valence-corrected chi connectivity index (χ0v) is 9.98. The average molecular weight is 206 g/mol. The fraction of sp³-hybridized carbons (Fsp3) is 0.900. The Bertz CT molecular complexity index is 180. The summed E-state index contributed by atoms with van der Waals surface area (Å²) >= 11 is 5.73. The molecule has 0 aliphatic rings. The molecule has 0 rings (SSSR count). The lowest BCUT2D eigenvalue weighted by molar-refractivity contribution is -0.139. The van der Waals surface area contributed by atoms with Crippen LogP contribution in [-0.2, 0) is 4.79 Å². The van der Waals surface area contributed by atoms with E-state index < -0.39 is 5.41 Å². The molecule has 0 radical (unpaired) electrons. The molecule has 0 heterocycles. The van der Waals surface area contributed by atoms with Gasteiger partial charge in [0.25, 0.3) is 0 Å². The molecule has 0 aromatic carbocycles. The number of carbonyl (C=O) groups excluding carboxylic acids is 1. The third kappa shape index (κ3) is 3.18. The highest BCUT2D eigenvalue weighted by atomic mass is 35.5. The van der Waals surface area contributed by atoms with Gasteiger partial charge in [-0.25, -0.2) is 0 Å². The number of alkyl halides is 1. The zero-order chi connectivity index (χ0) is 10.6. The van der Waals surface area contributed by atoms with E-state index in [1.54, 1.807) is 4.90 Å². The first-order chi connectivity index (χ1) is 5.86. The molecule has 13 heavy (non-hydrogen) atoms. The van der Waals surface area contributed by atoms with Gasteiger partial charge in [0.15, 0.2) is 0 Å². The Balaban J connectivity index is 4.42. The third-order valence-corrected chi connectivity index (χ3v) is 3.15. The van der Waals surface area contributed by atoms with Crippen molar-refractivity contribution in [1.29, 1.82) is 0 Å². The molecule has 0 saturated carbocycles. The van der Waals surface area contributed by atoms with Crippen LogP contribution in [0.2, 0.25) is 0 Å². The van der Waals surface area contributed by atoms with Crippen molar-refractivity contribution in [3.63, 3.8) is 0 Å². The van der Waals surface area contributed by atoms with E-state index in [-0.39, 0.29) is 11.9 Å². The highest BCUT2D eigenvalue weighted by Crippen LogP contribution is 2.21. The van der Waals surface area contributed by atoms with Crippen molar-refractivity contribution < 1.29 is 4.79 Å². The van der Waals surface area contributed by atoms with Crippen LogP contribution < -0.4 is 0 Å². The summed E-state index contributed by atoms with van der Waals surface area (Å²) in [4.78, 5) is 13.6. The van der Waals surface area contributed by atoms with Gasteiger partial charge < -0.3 is 4.90 Å². The molecule has 0 aromatic heterocycles. The number of rotatable bonds is 4. The van der Waals surface area contributed by atoms with E-state index >= 15 is 0 Å². The lowest BCUT2D eigenvalue weighted by atomic mass is 9.94. The first kappa shape index (κ1) is 12.8. The van der Waals surface area contributed by atoms with E-state index in [4.69, 9.17) is 11.6 Å². The molecule has 0 saturated heterocycles. The maximum absolute atomic E-state index is 11.8. The quantitative estimate of drug-likeness (QED) is 0.646. The molecule has 0 aliphatic carbocycles. The second-order valence-corrected chi connectivity index (χ2v) is 4.46. The number of hydrogen-bond donors (Lipinski definition) is 0. The first-order valence-electron chi connectivity index (χ1n) is 4.70. The van der Waals surface area contributed by atoms with E-state index in [2.05, 4.69) is 6.92 Å². The molecule has 78 valence electrons. The summed E-state index contributed by atoms with van der Waals surface area (Å²) < 4.78 is 0. The van der Waals surface area contributed by atoms with E-state index in [1.807, 2.05) is 27.8 Å². The van der Waals surface area contributed by atoms with Gasteiger partial charge in [-0.2, -0.15) is 0 Å². The SMILES string of the molecule is CCC(C)N(C)C(=O)C(C)(C)CCl. The lowest BCUT2D eigenvalue weighted by Crippen LogP contribution is -2.43. The first-order valence-corrected chi connectivity index (χ1v) is 5.23. The molecule has 1 amide bonds. The molecule has 0 fully saturated rings. The summed E-state index contributed by atoms with van der Waals surface area (Å²) in [5.74, 6) is 0.490. The molecule has 0 aromatic rings. The third-order valence-electron chi connectivity index (χ3n) is 2.49. The smallest absolute Gasteiger partial charge is 0.229 e. The summed E-state index contributed by atoms with van der Waals surface area (Å²) in [6.07, 6.45) is 0.973. The Morgan fingerprint density at radius 3 is 2.31 bits per heavy atom. The number of halogens is 1. The number of hydrogen-bond acceptors (Lipinski definition) is 1. The van der Waals surface area contributed by atoms with Gasteiger partial charge in [0.1, 0.15) is 0 Å². The average Bonchev–Trinajstić information content (AvgIpc) is 2.14. The molecule has 3 heteroatoms. The molecule has 1 unspecified atom stereocenters. The van der Waals surface area contributed by atoms with Crippen molar-refractivity contribution in [2.75, 3.05) is 12.9 Å². The van der Waals surface area contributed by atoms with E-state index in [0.717, 1.165) is 6.42 Å². The van der Waals surface area contributed by atoms with Crippen LogP contribution in [0.1, 0.15) is 34.1 Å². The van der Waals surface area contributed by atoms with Crippen molar-refractivity contribution >= 4 is 17.5 Å². The van der Waals surface area contributed by atoms with Crippen LogP contribution in [0.5, 0.6) is 0 Å². The highest BCUT2D eigenvalue weighted by molar-refractivity contribution is 6.19. The molecule has 1 atom stereocenters. The van der Waals surface area contributed by atoms with E-state index in [1.165, 1.54) is 0 Å². The minimum atomic E-state index is -0.445. The summed E-state index contributed by atoms with van der Waals surface area (Å²) in [5.41, 5.74) is -0.445. The number of nitrogens with zero attached hydrogens (tertiary/aromatic N) is 1. The molecular weight excluding hydrogens is 186 g/mol. The van der Waals surface area contributed by atoms with Gasteiger partial charge in [0.2, 0.25) is 5.91 Å². The van der Waals surface area contributed by atoms with Crippen LogP contribution in [0.25, 0.3) is 0 Å². The standard InChI is InChI=1S/C10H20ClNO/c1-6-8(2)12(5)9(13)10(3,4)7-11/h8H,6-7H2,1-5H3. The molecule has 2 nitrogen and oxygen atoms in total. The van der Waals surface area contributed by atoms with Gasteiger partial charge in [-0.05, 0) is 27.2 Å². The maximum Gasteiger partial charge on any atom is 0.229 e. The summed E-state index contributed by atoms with van der Waals surface area (Å²) in [7, 11) is 1.84. The van der Waals surface area contributed by atoms with Crippen molar-refractivity contribution in [3.8, 4) is 0 Å². The molecular formula is C10H20ClNO. The van der Waals surface area contributed by atoms with Gasteiger partial charge >= 0.3 is 0 Å². The zero-order valence-electron chi connectivity index (χ0n) is 9.22. The largest absolute Gasteiger partial charge is 0.343 e. The predicted octanol–water partition coefficient (Wildman–Crippen LogP) is 2.51. The van der Waals surface area contributed by atoms with Gasteiger partial charge in [-0.3, -0.25) is 4.79 Å². The predicted molar refractivity (Wildman–Crippen MR) is 57.0 cm³/mol. The molecule has 0 bridgehead atoms. The topological polar surface area (TPSA) is 20.3 Å². The Labute approximate surface area is 86.2 Å². The van der Waals surface area contributed by atoms with Gasteiger partial charge in [-0.15, -0.1) is 11.6 Å². The number of carbonyl (C=O) groups is 1. The van der Waals surface area contributed by atoms with Crippen LogP contribution in [0.3, 0.4) is 0 Å². The second kappa shape index (κ2) is 4.85. The Hall–Kier alpha value is -0.240. The van der Waals surface area contributed by atoms with Crippen LogP contribution in [-0.4, -0.2) is 29.8 Å². The molecule has 0 aliphatic heterocycles. The summed E-state index contributed by atoms with van der Waals surface area (Å²) in [5, 5.41) is 0. The van der Waals surface area contributed by atoms with Crippen LogP contribution in [0, 0.1) is 5.41 Å². The van der Waals surface area contributed by atoms with E-state index in [0.29, 0.717) is 5.88 Å². The lowest BCUT2D eigenvalue weighted by Gasteiger charge is -2.31. The van der Waals surface area contributed by atoms with Crippen molar-refractivity contribution in [1.82, 2.24) is 4.90 Å².